The van der Waals surface area contributed by atoms with E-state index >= 15 is 0 Å². The van der Waals surface area contributed by atoms with Gasteiger partial charge in [-0.25, -0.2) is 0 Å². The molecule has 1 aliphatic heterocycles. The maximum atomic E-state index is 6.06. The first-order chi connectivity index (χ1) is 8.74. The van der Waals surface area contributed by atoms with Crippen molar-refractivity contribution in [2.24, 2.45) is 0 Å². The zero-order valence-electron chi connectivity index (χ0n) is 12.5. The molecule has 2 rings (SSSR count). The molecule has 19 heavy (non-hydrogen) atoms. The van der Waals surface area contributed by atoms with Crippen molar-refractivity contribution >= 4 is 20.1 Å². The van der Waals surface area contributed by atoms with E-state index in [1.54, 1.807) is 0 Å². The third-order valence-electron chi connectivity index (χ3n) is 4.43. The van der Waals surface area contributed by atoms with Crippen LogP contribution in [0.4, 0.5) is 0 Å². The molecule has 0 aromatic carbocycles. The van der Waals surface area contributed by atoms with Crippen LogP contribution in [0.1, 0.15) is 47.0 Å². The summed E-state index contributed by atoms with van der Waals surface area (Å²) >= 11 is 4.61. The lowest BCUT2D eigenvalue weighted by Gasteiger charge is -2.39. The van der Waals surface area contributed by atoms with Gasteiger partial charge in [-0.15, -0.1) is 0 Å². The summed E-state index contributed by atoms with van der Waals surface area (Å²) in [6.07, 6.45) is 4.99. The van der Waals surface area contributed by atoms with Crippen molar-refractivity contribution in [1.82, 2.24) is 0 Å². The highest BCUT2D eigenvalue weighted by Crippen LogP contribution is 2.36. The number of ether oxygens (including phenoxy) is 2. The molecule has 0 bridgehead atoms. The fourth-order valence-electron chi connectivity index (χ4n) is 2.19. The summed E-state index contributed by atoms with van der Waals surface area (Å²) in [5.74, 6) is -0.332. The van der Waals surface area contributed by atoms with Crippen LogP contribution >= 0.6 is 12.6 Å². The summed E-state index contributed by atoms with van der Waals surface area (Å²) in [4.78, 5) is 0. The highest BCUT2D eigenvalue weighted by Gasteiger charge is 2.39. The van der Waals surface area contributed by atoms with E-state index in [1.807, 2.05) is 0 Å². The Bertz CT molecular complexity index is 354. The average Bonchev–Trinajstić information content (AvgIpc) is 2.76. The van der Waals surface area contributed by atoms with E-state index in [1.165, 1.54) is 5.47 Å². The maximum Gasteiger partial charge on any atom is 0.305 e. The van der Waals surface area contributed by atoms with E-state index < -0.39 is 0 Å². The molecule has 0 radical (unpaired) electrons. The highest BCUT2D eigenvalue weighted by molar-refractivity contribution is 7.81. The topological polar surface area (TPSA) is 27.7 Å². The molecule has 5 heteroatoms. The Balaban J connectivity index is 1.87. The van der Waals surface area contributed by atoms with Gasteiger partial charge in [0.1, 0.15) is 0 Å². The van der Waals surface area contributed by atoms with Gasteiger partial charge in [-0.2, -0.15) is 12.6 Å². The second-order valence-corrected chi connectivity index (χ2v) is 7.65. The Morgan fingerprint density at radius 1 is 1.26 bits per heavy atom. The van der Waals surface area contributed by atoms with Crippen molar-refractivity contribution in [2.45, 2.75) is 63.1 Å². The van der Waals surface area contributed by atoms with Crippen molar-refractivity contribution in [3.8, 4) is 0 Å². The zero-order chi connectivity index (χ0) is 14.1. The maximum absolute atomic E-state index is 6.06. The minimum atomic E-state index is -0.332. The molecule has 0 unspecified atom stereocenters. The number of hydrogen-bond acceptors (Lipinski definition) is 4. The van der Waals surface area contributed by atoms with Gasteiger partial charge in [0, 0.05) is 17.6 Å². The molecule has 0 aromatic rings. The quantitative estimate of drug-likeness (QED) is 0.635. The van der Waals surface area contributed by atoms with Gasteiger partial charge < -0.3 is 14.1 Å². The molecule has 3 nitrogen and oxygen atoms in total. The fraction of sp³-hybridized carbons (Fsp3) is 0.857. The molecule has 0 aromatic heterocycles. The lowest BCUT2D eigenvalue weighted by molar-refractivity contribution is -0.161. The second-order valence-electron chi connectivity index (χ2n) is 6.53. The third kappa shape index (κ3) is 3.57. The first-order valence-corrected chi connectivity index (χ1v) is 7.51. The lowest BCUT2D eigenvalue weighted by Crippen LogP contribution is -2.44. The van der Waals surface area contributed by atoms with Crippen LogP contribution in [0.3, 0.4) is 0 Å². The van der Waals surface area contributed by atoms with Crippen molar-refractivity contribution < 1.29 is 14.1 Å². The molecule has 0 atom stereocenters. The minimum Gasteiger partial charge on any atom is -0.429 e. The van der Waals surface area contributed by atoms with E-state index in [4.69, 9.17) is 14.1 Å². The zero-order valence-corrected chi connectivity index (χ0v) is 13.4. The molecular formula is C14H25BO3S. The first kappa shape index (κ1) is 15.4. The molecule has 0 amide bonds. The first-order valence-electron chi connectivity index (χ1n) is 7.06. The summed E-state index contributed by atoms with van der Waals surface area (Å²) in [6, 6.07) is 0. The van der Waals surface area contributed by atoms with E-state index in [2.05, 4.69) is 46.4 Å². The Kier molecular flexibility index (Phi) is 4.41. The van der Waals surface area contributed by atoms with Gasteiger partial charge in [-0.3, -0.25) is 0 Å². The van der Waals surface area contributed by atoms with Gasteiger partial charge >= 0.3 is 7.48 Å². The van der Waals surface area contributed by atoms with E-state index in [0.29, 0.717) is 7.48 Å². The lowest BCUT2D eigenvalue weighted by atomic mass is 9.76. The highest BCUT2D eigenvalue weighted by atomic mass is 32.1. The molecule has 0 saturated carbocycles. The van der Waals surface area contributed by atoms with Crippen molar-refractivity contribution in [3.05, 3.63) is 11.5 Å². The Hall–Kier alpha value is 0.0349. The van der Waals surface area contributed by atoms with Crippen LogP contribution in [0.15, 0.2) is 11.5 Å². The fourth-order valence-corrected chi connectivity index (χ4v) is 2.26. The minimum absolute atomic E-state index is 0.166. The number of thiol groups is 1. The summed E-state index contributed by atoms with van der Waals surface area (Å²) < 4.78 is 17.3. The summed E-state index contributed by atoms with van der Waals surface area (Å²) in [7, 11) is 0.674. The molecular weight excluding hydrogens is 259 g/mol. The normalized spacial score (nSPS) is 23.5. The van der Waals surface area contributed by atoms with Gasteiger partial charge in [-0.05, 0) is 34.1 Å². The predicted octanol–water partition coefficient (Wildman–Crippen LogP) is 2.65. The average molecular weight is 284 g/mol. The van der Waals surface area contributed by atoms with Crippen LogP contribution in [0.2, 0.25) is 0 Å². The molecule has 1 saturated heterocycles. The number of allylic oxidation sites excluding steroid dienone is 1. The van der Waals surface area contributed by atoms with Crippen LogP contribution in [0.5, 0.6) is 0 Å². The van der Waals surface area contributed by atoms with E-state index in [-0.39, 0.29) is 16.1 Å². The summed E-state index contributed by atoms with van der Waals surface area (Å²) in [5.41, 5.74) is 1.09. The molecule has 1 heterocycles. The van der Waals surface area contributed by atoms with Crippen molar-refractivity contribution in [1.29, 1.82) is 0 Å². The van der Waals surface area contributed by atoms with Crippen molar-refractivity contribution in [2.75, 3.05) is 13.2 Å². The molecule has 1 fully saturated rings. The van der Waals surface area contributed by atoms with Crippen LogP contribution in [-0.4, -0.2) is 36.8 Å². The van der Waals surface area contributed by atoms with Crippen LogP contribution in [-0.2, 0) is 14.1 Å². The predicted molar refractivity (Wildman–Crippen MR) is 81.9 cm³/mol. The Morgan fingerprint density at radius 3 is 2.37 bits per heavy atom. The van der Waals surface area contributed by atoms with Gasteiger partial charge in [-0.1, -0.05) is 11.5 Å². The second kappa shape index (κ2) is 5.43. The van der Waals surface area contributed by atoms with Crippen LogP contribution < -0.4 is 0 Å². The van der Waals surface area contributed by atoms with Gasteiger partial charge in [0.2, 0.25) is 0 Å². The molecule has 0 N–H and O–H groups in total. The SMILES string of the molecule is CC(C)(S)C(C)(C)OBC1=CCC2(CC1)OCCO2. The van der Waals surface area contributed by atoms with Crippen molar-refractivity contribution in [3.63, 3.8) is 0 Å². The van der Waals surface area contributed by atoms with Crippen LogP contribution in [0, 0.1) is 0 Å². The van der Waals surface area contributed by atoms with E-state index in [0.717, 1.165) is 32.5 Å². The van der Waals surface area contributed by atoms with E-state index in [9.17, 15) is 0 Å². The standard InChI is InChI=1S/C14H25BO3S/c1-12(2,13(3,4)19)18-15-11-5-7-14(8-6-11)16-9-10-17-14/h5,15,19H,6-10H2,1-4H3. The molecule has 1 spiro atoms. The summed E-state index contributed by atoms with van der Waals surface area (Å²) in [5, 5.41) is 0. The largest absolute Gasteiger partial charge is 0.429 e. The van der Waals surface area contributed by atoms with Gasteiger partial charge in [0.15, 0.2) is 5.79 Å². The number of rotatable bonds is 4. The Labute approximate surface area is 122 Å². The smallest absolute Gasteiger partial charge is 0.305 e. The molecule has 108 valence electrons. The van der Waals surface area contributed by atoms with Gasteiger partial charge in [0.05, 0.1) is 18.8 Å². The molecule has 2 aliphatic rings. The monoisotopic (exact) mass is 284 g/mol. The van der Waals surface area contributed by atoms with Gasteiger partial charge in [0.25, 0.3) is 0 Å². The Morgan fingerprint density at radius 2 is 1.89 bits per heavy atom. The number of hydrogen-bond donors (Lipinski definition) is 1. The van der Waals surface area contributed by atoms with Crippen LogP contribution in [0.25, 0.3) is 0 Å². The summed E-state index contributed by atoms with van der Waals surface area (Å²) in [6.45, 7) is 9.80. The molecule has 1 aliphatic carbocycles. The third-order valence-corrected chi connectivity index (χ3v) is 4.97.